The highest BCUT2D eigenvalue weighted by Crippen LogP contribution is 2.32. The lowest BCUT2D eigenvalue weighted by molar-refractivity contribution is -0.122. The van der Waals surface area contributed by atoms with Crippen LogP contribution in [0.4, 0.5) is 5.69 Å². The summed E-state index contributed by atoms with van der Waals surface area (Å²) >= 11 is 3.42. The molecule has 1 aliphatic rings. The molecule has 1 aromatic carbocycles. The van der Waals surface area contributed by atoms with Crippen LogP contribution in [-0.4, -0.2) is 11.4 Å². The second-order valence-corrected chi connectivity index (χ2v) is 6.67. The number of benzene rings is 1. The topological polar surface area (TPSA) is 55.1 Å². The molecular formula is C15H22BrClN2O. The lowest BCUT2D eigenvalue weighted by atomic mass is 9.74. The van der Waals surface area contributed by atoms with Gasteiger partial charge in [-0.1, -0.05) is 28.8 Å². The molecule has 2 unspecified atom stereocenters. The number of carbonyl (C=O) groups is 1. The Hall–Kier alpha value is -0.580. The molecule has 1 fully saturated rings. The van der Waals surface area contributed by atoms with Crippen LogP contribution in [0, 0.1) is 12.8 Å². The molecule has 0 radical (unpaired) electrons. The molecule has 1 amide bonds. The van der Waals surface area contributed by atoms with Crippen molar-refractivity contribution in [2.45, 2.75) is 45.1 Å². The summed E-state index contributed by atoms with van der Waals surface area (Å²) in [7, 11) is 0. The minimum Gasteiger partial charge on any atom is -0.326 e. The predicted molar refractivity (Wildman–Crippen MR) is 89.3 cm³/mol. The summed E-state index contributed by atoms with van der Waals surface area (Å²) in [6, 6.07) is 5.86. The number of aryl methyl sites for hydroxylation is 1. The van der Waals surface area contributed by atoms with Gasteiger partial charge in [0.15, 0.2) is 0 Å². The Morgan fingerprint density at radius 1 is 1.45 bits per heavy atom. The van der Waals surface area contributed by atoms with E-state index in [4.69, 9.17) is 5.73 Å². The summed E-state index contributed by atoms with van der Waals surface area (Å²) < 4.78 is 1.02. The second kappa shape index (κ2) is 6.92. The van der Waals surface area contributed by atoms with Gasteiger partial charge in [-0.2, -0.15) is 0 Å². The molecule has 0 heterocycles. The molecule has 0 saturated heterocycles. The average Bonchev–Trinajstić information content (AvgIpc) is 2.32. The van der Waals surface area contributed by atoms with Crippen molar-refractivity contribution in [2.24, 2.45) is 11.7 Å². The first kappa shape index (κ1) is 17.5. The number of anilines is 1. The first-order valence-electron chi connectivity index (χ1n) is 6.76. The summed E-state index contributed by atoms with van der Waals surface area (Å²) in [6.45, 7) is 3.98. The highest BCUT2D eigenvalue weighted by atomic mass is 79.9. The van der Waals surface area contributed by atoms with E-state index in [9.17, 15) is 4.79 Å². The van der Waals surface area contributed by atoms with Crippen LogP contribution >= 0.6 is 28.3 Å². The molecule has 0 aliphatic heterocycles. The Kier molecular flexibility index (Phi) is 6.05. The molecule has 2 rings (SSSR count). The molecule has 0 bridgehead atoms. The van der Waals surface area contributed by atoms with E-state index in [1.54, 1.807) is 0 Å². The third kappa shape index (κ3) is 3.96. The molecule has 1 saturated carbocycles. The van der Waals surface area contributed by atoms with Gasteiger partial charge in [0.25, 0.3) is 0 Å². The van der Waals surface area contributed by atoms with Crippen LogP contribution in [0.25, 0.3) is 0 Å². The van der Waals surface area contributed by atoms with E-state index in [-0.39, 0.29) is 29.8 Å². The summed E-state index contributed by atoms with van der Waals surface area (Å²) in [5.74, 6) is -0.0422. The van der Waals surface area contributed by atoms with Crippen LogP contribution in [-0.2, 0) is 4.79 Å². The van der Waals surface area contributed by atoms with Crippen molar-refractivity contribution in [2.75, 3.05) is 5.32 Å². The molecule has 20 heavy (non-hydrogen) atoms. The Balaban J connectivity index is 0.00000200. The van der Waals surface area contributed by atoms with Gasteiger partial charge < -0.3 is 11.1 Å². The highest BCUT2D eigenvalue weighted by Gasteiger charge is 2.37. The van der Waals surface area contributed by atoms with Crippen LogP contribution in [0.1, 0.15) is 38.2 Å². The zero-order chi connectivity index (χ0) is 14.0. The monoisotopic (exact) mass is 360 g/mol. The van der Waals surface area contributed by atoms with E-state index in [1.165, 1.54) is 0 Å². The van der Waals surface area contributed by atoms with Gasteiger partial charge in [-0.3, -0.25) is 4.79 Å². The summed E-state index contributed by atoms with van der Waals surface area (Å²) in [4.78, 5) is 12.4. The first-order chi connectivity index (χ1) is 8.90. The van der Waals surface area contributed by atoms with Crippen molar-refractivity contribution in [1.82, 2.24) is 0 Å². The van der Waals surface area contributed by atoms with Crippen LogP contribution in [0.2, 0.25) is 0 Å². The zero-order valence-electron chi connectivity index (χ0n) is 11.9. The number of hydrogen-bond donors (Lipinski definition) is 2. The zero-order valence-corrected chi connectivity index (χ0v) is 14.3. The van der Waals surface area contributed by atoms with Gasteiger partial charge in [0, 0.05) is 15.7 Å². The Morgan fingerprint density at radius 2 is 2.15 bits per heavy atom. The number of rotatable bonds is 2. The third-order valence-electron chi connectivity index (χ3n) is 4.02. The van der Waals surface area contributed by atoms with Gasteiger partial charge in [0.2, 0.25) is 5.91 Å². The van der Waals surface area contributed by atoms with E-state index in [2.05, 4.69) is 21.2 Å². The fourth-order valence-electron chi connectivity index (χ4n) is 2.78. The van der Waals surface area contributed by atoms with Gasteiger partial charge in [0.1, 0.15) is 0 Å². The van der Waals surface area contributed by atoms with Crippen molar-refractivity contribution in [3.05, 3.63) is 28.2 Å². The van der Waals surface area contributed by atoms with Gasteiger partial charge in [-0.15, -0.1) is 12.4 Å². The van der Waals surface area contributed by atoms with E-state index in [1.807, 2.05) is 32.0 Å². The lowest BCUT2D eigenvalue weighted by Gasteiger charge is -2.37. The summed E-state index contributed by atoms with van der Waals surface area (Å²) in [5, 5.41) is 3.02. The Labute approximate surface area is 135 Å². The number of halogens is 2. The van der Waals surface area contributed by atoms with Crippen molar-refractivity contribution in [3.63, 3.8) is 0 Å². The molecule has 0 spiro atoms. The second-order valence-electron chi connectivity index (χ2n) is 5.75. The molecule has 3 nitrogen and oxygen atoms in total. The van der Waals surface area contributed by atoms with Gasteiger partial charge in [-0.05, 0) is 50.5 Å². The van der Waals surface area contributed by atoms with Crippen LogP contribution in [0.3, 0.4) is 0 Å². The molecule has 3 N–H and O–H groups in total. The largest absolute Gasteiger partial charge is 0.326 e. The van der Waals surface area contributed by atoms with E-state index in [0.29, 0.717) is 0 Å². The number of amides is 1. The molecule has 1 aliphatic carbocycles. The minimum atomic E-state index is -0.383. The first-order valence-corrected chi connectivity index (χ1v) is 7.55. The molecule has 5 heteroatoms. The quantitative estimate of drug-likeness (QED) is 0.835. The molecule has 1 aromatic rings. The van der Waals surface area contributed by atoms with Crippen LogP contribution < -0.4 is 11.1 Å². The average molecular weight is 362 g/mol. The highest BCUT2D eigenvalue weighted by molar-refractivity contribution is 9.10. The SMILES string of the molecule is Cc1cc(Br)ccc1NC(=O)C1CCCCC1(C)N.Cl. The van der Waals surface area contributed by atoms with Crippen LogP contribution in [0.15, 0.2) is 22.7 Å². The third-order valence-corrected chi connectivity index (χ3v) is 4.51. The van der Waals surface area contributed by atoms with E-state index >= 15 is 0 Å². The van der Waals surface area contributed by atoms with E-state index in [0.717, 1.165) is 41.4 Å². The maximum atomic E-state index is 12.4. The molecule has 112 valence electrons. The number of nitrogens with two attached hydrogens (primary N) is 1. The number of carbonyl (C=O) groups excluding carboxylic acids is 1. The fraction of sp³-hybridized carbons (Fsp3) is 0.533. The lowest BCUT2D eigenvalue weighted by Crippen LogP contribution is -2.51. The normalized spacial score (nSPS) is 25.7. The predicted octanol–water partition coefficient (Wildman–Crippen LogP) is 4.03. The van der Waals surface area contributed by atoms with Gasteiger partial charge >= 0.3 is 0 Å². The smallest absolute Gasteiger partial charge is 0.229 e. The standard InChI is InChI=1S/C15H21BrN2O.ClH/c1-10-9-11(16)6-7-13(10)18-14(19)12-5-3-4-8-15(12,2)17;/h6-7,9,12H,3-5,8,17H2,1-2H3,(H,18,19);1H. The summed E-state index contributed by atoms with van der Waals surface area (Å²) in [5.41, 5.74) is 7.81. The van der Waals surface area contributed by atoms with Crippen molar-refractivity contribution in [3.8, 4) is 0 Å². The van der Waals surface area contributed by atoms with Crippen molar-refractivity contribution in [1.29, 1.82) is 0 Å². The minimum absolute atomic E-state index is 0. The van der Waals surface area contributed by atoms with Crippen LogP contribution in [0.5, 0.6) is 0 Å². The molecule has 0 aromatic heterocycles. The van der Waals surface area contributed by atoms with Gasteiger partial charge in [0.05, 0.1) is 5.92 Å². The summed E-state index contributed by atoms with van der Waals surface area (Å²) in [6.07, 6.45) is 4.01. The molecular weight excluding hydrogens is 340 g/mol. The van der Waals surface area contributed by atoms with Crippen molar-refractivity contribution >= 4 is 39.9 Å². The fourth-order valence-corrected chi connectivity index (χ4v) is 3.25. The van der Waals surface area contributed by atoms with Gasteiger partial charge in [-0.25, -0.2) is 0 Å². The maximum Gasteiger partial charge on any atom is 0.229 e. The Bertz CT molecular complexity index is 491. The number of nitrogens with one attached hydrogen (secondary N) is 1. The Morgan fingerprint density at radius 3 is 2.75 bits per heavy atom. The molecule has 2 atom stereocenters. The number of hydrogen-bond acceptors (Lipinski definition) is 2. The van der Waals surface area contributed by atoms with E-state index < -0.39 is 0 Å². The van der Waals surface area contributed by atoms with Crippen molar-refractivity contribution < 1.29 is 4.79 Å². The maximum absolute atomic E-state index is 12.4.